The molecule has 0 bridgehead atoms. The third-order valence-corrected chi connectivity index (χ3v) is 5.68. The number of hydrogen-bond donors (Lipinski definition) is 2. The van der Waals surface area contributed by atoms with Crippen LogP contribution in [0.4, 0.5) is 5.69 Å². The number of nitrogens with one attached hydrogen (secondary N) is 2. The van der Waals surface area contributed by atoms with Crippen molar-refractivity contribution in [1.29, 1.82) is 0 Å². The van der Waals surface area contributed by atoms with E-state index in [1.807, 2.05) is 48.5 Å². The van der Waals surface area contributed by atoms with Gasteiger partial charge < -0.3 is 5.32 Å². The monoisotopic (exact) mass is 436 g/mol. The van der Waals surface area contributed by atoms with Crippen LogP contribution in [-0.2, 0) is 5.41 Å². The van der Waals surface area contributed by atoms with Crippen molar-refractivity contribution in [3.05, 3.63) is 66.0 Å². The van der Waals surface area contributed by atoms with E-state index in [-0.39, 0.29) is 16.4 Å². The second-order valence-corrected chi connectivity index (χ2v) is 9.14. The Balaban J connectivity index is 1.37. The standard InChI is InChI=1S/C21H20N6OS2/c1-21(2,3)15-8-4-13(5-9-15)17(28)24-19(29)23-16-10-6-14(7-11-16)18-26-27-12-22-25-20(27)30-18/h4-12H,1-3H3,(H2,23,24,28,29). The molecule has 0 unspecified atom stereocenters. The highest BCUT2D eigenvalue weighted by Gasteiger charge is 2.15. The van der Waals surface area contributed by atoms with Crippen LogP contribution in [0.3, 0.4) is 0 Å². The molecule has 9 heteroatoms. The second kappa shape index (κ2) is 7.92. The molecule has 4 rings (SSSR count). The Morgan fingerprint density at radius 3 is 2.40 bits per heavy atom. The van der Waals surface area contributed by atoms with Crippen molar-refractivity contribution in [2.45, 2.75) is 26.2 Å². The first kappa shape index (κ1) is 20.1. The van der Waals surface area contributed by atoms with E-state index in [0.29, 0.717) is 5.56 Å². The number of carbonyl (C=O) groups is 1. The van der Waals surface area contributed by atoms with E-state index in [9.17, 15) is 4.79 Å². The molecular weight excluding hydrogens is 416 g/mol. The summed E-state index contributed by atoms with van der Waals surface area (Å²) in [5.41, 5.74) is 3.51. The Kier molecular flexibility index (Phi) is 5.31. The first-order chi connectivity index (χ1) is 14.3. The molecule has 0 fully saturated rings. The van der Waals surface area contributed by atoms with Gasteiger partial charge in [-0.2, -0.15) is 9.61 Å². The van der Waals surface area contributed by atoms with Crippen LogP contribution in [0.15, 0.2) is 54.9 Å². The zero-order valence-electron chi connectivity index (χ0n) is 16.7. The minimum absolute atomic E-state index is 0.0395. The average molecular weight is 437 g/mol. The predicted octanol–water partition coefficient (Wildman–Crippen LogP) is 4.28. The molecule has 1 amide bonds. The summed E-state index contributed by atoms with van der Waals surface area (Å²) < 4.78 is 1.64. The van der Waals surface area contributed by atoms with Gasteiger partial charge in [0.15, 0.2) is 5.11 Å². The number of anilines is 1. The van der Waals surface area contributed by atoms with Gasteiger partial charge in [-0.15, -0.1) is 10.2 Å². The number of rotatable bonds is 3. The molecule has 152 valence electrons. The van der Waals surface area contributed by atoms with Crippen molar-refractivity contribution in [2.24, 2.45) is 0 Å². The van der Waals surface area contributed by atoms with Crippen LogP contribution >= 0.6 is 23.6 Å². The van der Waals surface area contributed by atoms with Gasteiger partial charge >= 0.3 is 0 Å². The third kappa shape index (κ3) is 4.37. The fourth-order valence-electron chi connectivity index (χ4n) is 2.83. The number of hydrogen-bond acceptors (Lipinski definition) is 6. The summed E-state index contributed by atoms with van der Waals surface area (Å²) in [5.74, 6) is -0.246. The molecule has 2 aromatic heterocycles. The first-order valence-corrected chi connectivity index (χ1v) is 10.5. The van der Waals surface area contributed by atoms with Gasteiger partial charge in [-0.1, -0.05) is 44.2 Å². The minimum atomic E-state index is -0.246. The summed E-state index contributed by atoms with van der Waals surface area (Å²) >= 11 is 6.74. The number of benzene rings is 2. The lowest BCUT2D eigenvalue weighted by Crippen LogP contribution is -2.34. The van der Waals surface area contributed by atoms with Crippen LogP contribution in [0, 0.1) is 0 Å². The number of aromatic nitrogens is 4. The van der Waals surface area contributed by atoms with Gasteiger partial charge in [0, 0.05) is 16.8 Å². The maximum atomic E-state index is 12.4. The molecule has 0 radical (unpaired) electrons. The van der Waals surface area contributed by atoms with Crippen LogP contribution in [0.5, 0.6) is 0 Å². The van der Waals surface area contributed by atoms with Crippen molar-refractivity contribution in [2.75, 3.05) is 5.32 Å². The van der Waals surface area contributed by atoms with Crippen molar-refractivity contribution in [3.8, 4) is 10.6 Å². The molecule has 0 aliphatic carbocycles. The molecule has 2 heterocycles. The molecule has 0 atom stereocenters. The highest BCUT2D eigenvalue weighted by atomic mass is 32.1. The topological polar surface area (TPSA) is 84.2 Å². The molecule has 7 nitrogen and oxygen atoms in total. The summed E-state index contributed by atoms with van der Waals surface area (Å²) in [4.78, 5) is 13.2. The normalized spacial score (nSPS) is 11.4. The average Bonchev–Trinajstić information content (AvgIpc) is 3.30. The predicted molar refractivity (Wildman–Crippen MR) is 123 cm³/mol. The quantitative estimate of drug-likeness (QED) is 0.467. The number of thiocarbonyl (C=S) groups is 1. The number of fused-ring (bicyclic) bond motifs is 1. The van der Waals surface area contributed by atoms with Crippen molar-refractivity contribution in [1.82, 2.24) is 25.1 Å². The van der Waals surface area contributed by atoms with E-state index >= 15 is 0 Å². The van der Waals surface area contributed by atoms with Gasteiger partial charge in [0.2, 0.25) is 4.96 Å². The highest BCUT2D eigenvalue weighted by molar-refractivity contribution is 7.80. The number of nitrogens with zero attached hydrogens (tertiary/aromatic N) is 4. The summed E-state index contributed by atoms with van der Waals surface area (Å²) in [6.07, 6.45) is 1.57. The van der Waals surface area contributed by atoms with Crippen molar-refractivity contribution < 1.29 is 4.79 Å². The van der Waals surface area contributed by atoms with Crippen LogP contribution in [0.25, 0.3) is 15.5 Å². The van der Waals surface area contributed by atoms with Gasteiger partial charge in [-0.3, -0.25) is 10.1 Å². The Labute approximate surface area is 183 Å². The first-order valence-electron chi connectivity index (χ1n) is 9.30. The lowest BCUT2D eigenvalue weighted by atomic mass is 9.87. The molecule has 30 heavy (non-hydrogen) atoms. The SMILES string of the molecule is CC(C)(C)c1ccc(C(=O)NC(=S)Nc2ccc(-c3nn4cnnc4s3)cc2)cc1. The van der Waals surface area contributed by atoms with Gasteiger partial charge in [-0.05, 0) is 59.6 Å². The summed E-state index contributed by atoms with van der Waals surface area (Å²) in [5, 5.41) is 19.1. The smallest absolute Gasteiger partial charge is 0.257 e. The Bertz CT molecular complexity index is 1170. The fraction of sp³-hybridized carbons (Fsp3) is 0.190. The molecule has 2 N–H and O–H groups in total. The van der Waals surface area contributed by atoms with Crippen molar-refractivity contribution in [3.63, 3.8) is 0 Å². The third-order valence-electron chi connectivity index (χ3n) is 4.52. The molecule has 0 spiro atoms. The van der Waals surface area contributed by atoms with Crippen molar-refractivity contribution >= 4 is 45.2 Å². The molecule has 0 aliphatic rings. The van der Waals surface area contributed by atoms with Crippen LogP contribution in [0.2, 0.25) is 0 Å². The Morgan fingerprint density at radius 2 is 1.77 bits per heavy atom. The van der Waals surface area contributed by atoms with Gasteiger partial charge in [-0.25, -0.2) is 0 Å². The molecule has 2 aromatic carbocycles. The Hall–Kier alpha value is -3.17. The maximum absolute atomic E-state index is 12.4. The van der Waals surface area contributed by atoms with E-state index in [0.717, 1.165) is 21.2 Å². The fourth-order valence-corrected chi connectivity index (χ4v) is 3.87. The van der Waals surface area contributed by atoms with Crippen LogP contribution < -0.4 is 10.6 Å². The number of amides is 1. The molecule has 0 saturated heterocycles. The molecular formula is C21H20N6OS2. The lowest BCUT2D eigenvalue weighted by molar-refractivity contribution is 0.0977. The lowest BCUT2D eigenvalue weighted by Gasteiger charge is -2.19. The highest BCUT2D eigenvalue weighted by Crippen LogP contribution is 2.26. The van der Waals surface area contributed by atoms with E-state index < -0.39 is 0 Å². The maximum Gasteiger partial charge on any atom is 0.257 e. The van der Waals surface area contributed by atoms with Crippen LogP contribution in [-0.4, -0.2) is 30.8 Å². The zero-order valence-corrected chi connectivity index (χ0v) is 18.3. The van der Waals surface area contributed by atoms with E-state index in [2.05, 4.69) is 46.7 Å². The largest absolute Gasteiger partial charge is 0.332 e. The minimum Gasteiger partial charge on any atom is -0.332 e. The van der Waals surface area contributed by atoms with Gasteiger partial charge in [0.1, 0.15) is 11.3 Å². The van der Waals surface area contributed by atoms with Crippen LogP contribution in [0.1, 0.15) is 36.7 Å². The zero-order chi connectivity index (χ0) is 21.3. The molecule has 4 aromatic rings. The van der Waals surface area contributed by atoms with Gasteiger partial charge in [0.25, 0.3) is 5.91 Å². The van der Waals surface area contributed by atoms with E-state index in [1.54, 1.807) is 10.8 Å². The Morgan fingerprint density at radius 1 is 1.07 bits per heavy atom. The second-order valence-electron chi connectivity index (χ2n) is 7.78. The summed E-state index contributed by atoms with van der Waals surface area (Å²) in [7, 11) is 0. The van der Waals surface area contributed by atoms with Gasteiger partial charge in [0.05, 0.1) is 0 Å². The molecule has 0 saturated carbocycles. The van der Waals surface area contributed by atoms with E-state index in [4.69, 9.17) is 12.2 Å². The molecule has 0 aliphatic heterocycles. The summed E-state index contributed by atoms with van der Waals surface area (Å²) in [6.45, 7) is 6.41. The van der Waals surface area contributed by atoms with E-state index in [1.165, 1.54) is 16.9 Å². The number of carbonyl (C=O) groups excluding carboxylic acids is 1. The summed E-state index contributed by atoms with van der Waals surface area (Å²) in [6, 6.07) is 15.2.